The minimum atomic E-state index is -4.40. The van der Waals surface area contributed by atoms with Gasteiger partial charge in [0.25, 0.3) is 0 Å². The van der Waals surface area contributed by atoms with Gasteiger partial charge in [-0.25, -0.2) is 9.97 Å². The number of hydrogen-bond donors (Lipinski definition) is 0. The highest BCUT2D eigenvalue weighted by Crippen LogP contribution is 2.35. The summed E-state index contributed by atoms with van der Waals surface area (Å²) < 4.78 is 50.6. The highest BCUT2D eigenvalue weighted by Gasteiger charge is 2.30. The smallest absolute Gasteiger partial charge is 0.416 e. The van der Waals surface area contributed by atoms with E-state index in [2.05, 4.69) is 28.7 Å². The number of pyridine rings is 1. The number of hydrogen-bond acceptors (Lipinski definition) is 5. The lowest BCUT2D eigenvalue weighted by atomic mass is 10.1. The van der Waals surface area contributed by atoms with Crippen molar-refractivity contribution in [3.8, 4) is 17.3 Å². The lowest BCUT2D eigenvalue weighted by molar-refractivity contribution is -0.137. The van der Waals surface area contributed by atoms with Crippen LogP contribution in [0.1, 0.15) is 19.4 Å². The second-order valence-corrected chi connectivity index (χ2v) is 7.08. The molecule has 0 atom stereocenters. The molecule has 4 rings (SSSR count). The van der Waals surface area contributed by atoms with Gasteiger partial charge in [-0.1, -0.05) is 26.0 Å². The zero-order chi connectivity index (χ0) is 22.0. The molecule has 5 nitrogen and oxygen atoms in total. The molecule has 0 bridgehead atoms. The Morgan fingerprint density at radius 1 is 0.968 bits per heavy atom. The largest absolute Gasteiger partial charge is 0.475 e. The molecule has 2 aromatic heterocycles. The summed E-state index contributed by atoms with van der Waals surface area (Å²) in [6, 6.07) is 12.2. The fraction of sp³-hybridized carbons (Fsp3) is 0.304. The Hall–Kier alpha value is -3.13. The van der Waals surface area contributed by atoms with E-state index in [1.54, 1.807) is 0 Å². The van der Waals surface area contributed by atoms with Gasteiger partial charge in [0.15, 0.2) is 11.1 Å². The Morgan fingerprint density at radius 2 is 1.68 bits per heavy atom. The molecule has 0 radical (unpaired) electrons. The first-order valence-electron chi connectivity index (χ1n) is 10.1. The number of alkyl halides is 3. The number of fused-ring (bicyclic) bond motifs is 3. The number of aromatic nitrogens is 2. The molecule has 0 spiro atoms. The molecule has 0 aliphatic carbocycles. The molecular weight excluding hydrogens is 407 g/mol. The lowest BCUT2D eigenvalue weighted by Gasteiger charge is -2.17. The normalized spacial score (nSPS) is 12.2. The number of oxazole rings is 1. The molecule has 0 N–H and O–H groups in total. The van der Waals surface area contributed by atoms with Gasteiger partial charge in [-0.05, 0) is 49.5 Å². The van der Waals surface area contributed by atoms with Gasteiger partial charge in [-0.2, -0.15) is 13.2 Å². The van der Waals surface area contributed by atoms with Crippen molar-refractivity contribution in [1.29, 1.82) is 0 Å². The third-order valence-electron chi connectivity index (χ3n) is 5.20. The van der Waals surface area contributed by atoms with Gasteiger partial charge in [0, 0.05) is 17.5 Å². The first kappa shape index (κ1) is 21.1. The van der Waals surface area contributed by atoms with Crippen LogP contribution in [0.4, 0.5) is 13.2 Å². The van der Waals surface area contributed by atoms with Crippen LogP contribution in [0.15, 0.2) is 52.9 Å². The van der Waals surface area contributed by atoms with Gasteiger partial charge < -0.3 is 14.1 Å². The second-order valence-electron chi connectivity index (χ2n) is 7.08. The number of para-hydroxylation sites is 1. The molecule has 0 amide bonds. The summed E-state index contributed by atoms with van der Waals surface area (Å²) in [7, 11) is 0. The molecule has 162 valence electrons. The van der Waals surface area contributed by atoms with E-state index < -0.39 is 11.7 Å². The fourth-order valence-electron chi connectivity index (χ4n) is 3.41. The SMILES string of the molecule is CCN(CC)CCOc1nc2ccccc2c2oc(-c3ccc(C(F)(F)F)cc3)nc12. The summed E-state index contributed by atoms with van der Waals surface area (Å²) in [6.07, 6.45) is -4.40. The minimum Gasteiger partial charge on any atom is -0.475 e. The quantitative estimate of drug-likeness (QED) is 0.373. The summed E-state index contributed by atoms with van der Waals surface area (Å²) in [5, 5.41) is 0.763. The van der Waals surface area contributed by atoms with Crippen LogP contribution in [-0.2, 0) is 6.18 Å². The molecule has 0 saturated heterocycles. The Labute approximate surface area is 177 Å². The number of rotatable bonds is 7. The van der Waals surface area contributed by atoms with Crippen molar-refractivity contribution >= 4 is 22.0 Å². The zero-order valence-corrected chi connectivity index (χ0v) is 17.2. The average Bonchev–Trinajstić information content (AvgIpc) is 3.22. The predicted octanol–water partition coefficient (Wildman–Crippen LogP) is 5.78. The maximum atomic E-state index is 12.9. The van der Waals surface area contributed by atoms with Crippen LogP contribution >= 0.6 is 0 Å². The molecule has 0 fully saturated rings. The molecule has 2 aromatic carbocycles. The number of ether oxygens (including phenoxy) is 1. The van der Waals surface area contributed by atoms with Gasteiger partial charge in [-0.15, -0.1) is 0 Å². The van der Waals surface area contributed by atoms with Crippen molar-refractivity contribution in [2.75, 3.05) is 26.2 Å². The summed E-state index contributed by atoms with van der Waals surface area (Å²) in [5.41, 5.74) is 1.37. The Bertz CT molecular complexity index is 1180. The van der Waals surface area contributed by atoms with Gasteiger partial charge in [-0.3, -0.25) is 0 Å². The first-order chi connectivity index (χ1) is 14.9. The standard InChI is InChI=1S/C23H22F3N3O2/c1-3-29(4-2)13-14-30-22-19-20(17-7-5-6-8-18(17)27-22)31-21(28-19)15-9-11-16(12-10-15)23(24,25)26/h5-12H,3-4,13-14H2,1-2H3. The predicted molar refractivity (Wildman–Crippen MR) is 113 cm³/mol. The van der Waals surface area contributed by atoms with Crippen molar-refractivity contribution in [2.24, 2.45) is 0 Å². The maximum absolute atomic E-state index is 12.9. The van der Waals surface area contributed by atoms with E-state index in [0.717, 1.165) is 37.2 Å². The van der Waals surface area contributed by atoms with E-state index in [1.807, 2.05) is 24.3 Å². The number of halogens is 3. The van der Waals surface area contributed by atoms with E-state index in [9.17, 15) is 13.2 Å². The number of benzene rings is 2. The summed E-state index contributed by atoms with van der Waals surface area (Å²) in [6.45, 7) is 7.19. The van der Waals surface area contributed by atoms with Crippen LogP contribution in [-0.4, -0.2) is 41.1 Å². The lowest BCUT2D eigenvalue weighted by Crippen LogP contribution is -2.28. The molecule has 0 saturated carbocycles. The minimum absolute atomic E-state index is 0.218. The monoisotopic (exact) mass is 429 g/mol. The highest BCUT2D eigenvalue weighted by atomic mass is 19.4. The van der Waals surface area contributed by atoms with Crippen LogP contribution in [0.25, 0.3) is 33.5 Å². The first-order valence-corrected chi connectivity index (χ1v) is 10.1. The molecule has 0 aliphatic heterocycles. The van der Waals surface area contributed by atoms with Crippen molar-refractivity contribution in [3.05, 3.63) is 54.1 Å². The molecule has 8 heteroatoms. The van der Waals surface area contributed by atoms with Gasteiger partial charge in [0.2, 0.25) is 11.8 Å². The maximum Gasteiger partial charge on any atom is 0.416 e. The summed E-state index contributed by atoms with van der Waals surface area (Å²) in [5.74, 6) is 0.568. The Kier molecular flexibility index (Phi) is 5.82. The molecule has 0 unspecified atom stereocenters. The molecule has 4 aromatic rings. The second kappa shape index (κ2) is 8.55. The highest BCUT2D eigenvalue weighted by molar-refractivity contribution is 6.03. The Morgan fingerprint density at radius 3 is 2.35 bits per heavy atom. The molecule has 31 heavy (non-hydrogen) atoms. The summed E-state index contributed by atoms with van der Waals surface area (Å²) in [4.78, 5) is 11.3. The van der Waals surface area contributed by atoms with Crippen molar-refractivity contribution < 1.29 is 22.3 Å². The number of likely N-dealkylation sites (N-methyl/N-ethyl adjacent to an activating group) is 1. The molecule has 2 heterocycles. The van der Waals surface area contributed by atoms with Gasteiger partial charge >= 0.3 is 6.18 Å². The number of nitrogens with zero attached hydrogens (tertiary/aromatic N) is 3. The van der Waals surface area contributed by atoms with E-state index in [4.69, 9.17) is 9.15 Å². The topological polar surface area (TPSA) is 51.4 Å². The van der Waals surface area contributed by atoms with Crippen LogP contribution in [0.5, 0.6) is 5.88 Å². The van der Waals surface area contributed by atoms with Crippen molar-refractivity contribution in [2.45, 2.75) is 20.0 Å². The van der Waals surface area contributed by atoms with Crippen LogP contribution in [0.3, 0.4) is 0 Å². The van der Waals surface area contributed by atoms with Crippen molar-refractivity contribution in [3.63, 3.8) is 0 Å². The van der Waals surface area contributed by atoms with Crippen LogP contribution in [0.2, 0.25) is 0 Å². The zero-order valence-electron chi connectivity index (χ0n) is 17.2. The van der Waals surface area contributed by atoms with E-state index in [-0.39, 0.29) is 5.89 Å². The fourth-order valence-corrected chi connectivity index (χ4v) is 3.41. The summed E-state index contributed by atoms with van der Waals surface area (Å²) >= 11 is 0. The van der Waals surface area contributed by atoms with Crippen LogP contribution in [0, 0.1) is 0 Å². The van der Waals surface area contributed by atoms with E-state index in [1.165, 1.54) is 12.1 Å². The van der Waals surface area contributed by atoms with Gasteiger partial charge in [0.1, 0.15) is 6.61 Å². The van der Waals surface area contributed by atoms with Crippen LogP contribution < -0.4 is 4.74 Å². The average molecular weight is 429 g/mol. The Balaban J connectivity index is 1.73. The third-order valence-corrected chi connectivity index (χ3v) is 5.20. The molecular formula is C23H22F3N3O2. The van der Waals surface area contributed by atoms with E-state index in [0.29, 0.717) is 34.7 Å². The van der Waals surface area contributed by atoms with E-state index >= 15 is 0 Å². The van der Waals surface area contributed by atoms with Gasteiger partial charge in [0.05, 0.1) is 11.1 Å². The van der Waals surface area contributed by atoms with Crippen molar-refractivity contribution in [1.82, 2.24) is 14.9 Å². The third kappa shape index (κ3) is 4.34. The molecule has 0 aliphatic rings.